The van der Waals surface area contributed by atoms with Gasteiger partial charge in [-0.05, 0) is 19.4 Å². The van der Waals surface area contributed by atoms with Crippen LogP contribution in [0.25, 0.3) is 11.5 Å². The Morgan fingerprint density at radius 3 is 2.67 bits per heavy atom. The van der Waals surface area contributed by atoms with Gasteiger partial charge in [-0.2, -0.15) is 0 Å². The van der Waals surface area contributed by atoms with Gasteiger partial charge in [0.25, 0.3) is 10.0 Å². The largest absolute Gasteiger partial charge is 0.423 e. The van der Waals surface area contributed by atoms with Gasteiger partial charge in [-0.3, -0.25) is 0 Å². The van der Waals surface area contributed by atoms with Crippen LogP contribution in [-0.2, 0) is 16.4 Å². The third-order valence-electron chi connectivity index (χ3n) is 2.89. The number of aromatic nitrogens is 3. The molecule has 0 aliphatic rings. The lowest BCUT2D eigenvalue weighted by atomic mass is 10.0. The molecule has 3 N–H and O–H groups in total. The zero-order valence-electron chi connectivity index (χ0n) is 11.6. The Morgan fingerprint density at radius 2 is 2.19 bits per heavy atom. The monoisotopic (exact) mass is 312 g/mol. The number of hydrogen-bond donors (Lipinski definition) is 2. The number of hydrogen-bond acceptors (Lipinski definition) is 7. The molecule has 0 bridgehead atoms. The van der Waals surface area contributed by atoms with Crippen molar-refractivity contribution in [2.45, 2.75) is 37.8 Å². The molecule has 2 heterocycles. The first-order valence-corrected chi connectivity index (χ1v) is 7.90. The van der Waals surface area contributed by atoms with E-state index in [2.05, 4.69) is 15.2 Å². The molecule has 2 rings (SSSR count). The summed E-state index contributed by atoms with van der Waals surface area (Å²) in [6.45, 7) is 3.37. The summed E-state index contributed by atoms with van der Waals surface area (Å²) >= 11 is 0. The van der Waals surface area contributed by atoms with Gasteiger partial charge in [0.1, 0.15) is 0 Å². The Balaban J connectivity index is 2.80. The van der Waals surface area contributed by atoms with Gasteiger partial charge >= 0.3 is 0 Å². The number of rotatable bonds is 5. The lowest BCUT2D eigenvalue weighted by Gasteiger charge is -2.14. The van der Waals surface area contributed by atoms with Crippen LogP contribution in [0.2, 0.25) is 0 Å². The van der Waals surface area contributed by atoms with Crippen molar-refractivity contribution in [1.29, 1.82) is 0 Å². The maximum absolute atomic E-state index is 11.8. The van der Waals surface area contributed by atoms with E-state index in [1.54, 1.807) is 0 Å². The number of aliphatic hydroxyl groups excluding tert-OH is 1. The smallest absolute Gasteiger partial charge is 0.255 e. The van der Waals surface area contributed by atoms with E-state index < -0.39 is 16.1 Å². The summed E-state index contributed by atoms with van der Waals surface area (Å²) in [7, 11) is -4.04. The minimum Gasteiger partial charge on any atom is -0.423 e. The molecule has 1 unspecified atom stereocenters. The highest BCUT2D eigenvalue weighted by atomic mass is 32.2. The van der Waals surface area contributed by atoms with Crippen molar-refractivity contribution in [1.82, 2.24) is 15.2 Å². The topological polar surface area (TPSA) is 132 Å². The summed E-state index contributed by atoms with van der Waals surface area (Å²) < 4.78 is 28.7. The van der Waals surface area contributed by atoms with Crippen LogP contribution in [0.3, 0.4) is 0 Å². The Labute approximate surface area is 122 Å². The zero-order chi connectivity index (χ0) is 15.6. The van der Waals surface area contributed by atoms with Crippen molar-refractivity contribution in [3.05, 3.63) is 23.7 Å². The minimum atomic E-state index is -4.04. The second-order valence-corrected chi connectivity index (χ2v) is 6.07. The molecule has 1 atom stereocenters. The first-order chi connectivity index (χ1) is 9.84. The maximum atomic E-state index is 11.8. The van der Waals surface area contributed by atoms with Gasteiger partial charge < -0.3 is 9.52 Å². The fraction of sp³-hybridized carbons (Fsp3) is 0.417. The molecule has 0 spiro atoms. The second kappa shape index (κ2) is 5.88. The molecule has 0 aliphatic heterocycles. The standard InChI is InChI=1S/C12H16N4O4S/c1-3-4-8-9(11-16-14-6-20-11)5-10(7(2)17)15-12(8)21(13,18)19/h5-7,17H,3-4H2,1-2H3,(H2,13,18,19). The Hall–Kier alpha value is -1.84. The number of pyridine rings is 1. The fourth-order valence-corrected chi connectivity index (χ4v) is 2.78. The minimum absolute atomic E-state index is 0.160. The first kappa shape index (κ1) is 15.5. The summed E-state index contributed by atoms with van der Waals surface area (Å²) in [6.07, 6.45) is 1.29. The lowest BCUT2D eigenvalue weighted by Crippen LogP contribution is -2.19. The Kier molecular flexibility index (Phi) is 4.35. The van der Waals surface area contributed by atoms with Crippen LogP contribution in [-0.4, -0.2) is 28.7 Å². The van der Waals surface area contributed by atoms with E-state index in [9.17, 15) is 13.5 Å². The van der Waals surface area contributed by atoms with Crippen LogP contribution < -0.4 is 5.14 Å². The molecule has 2 aromatic heterocycles. The predicted octanol–water partition coefficient (Wildman–Crippen LogP) is 0.785. The molecular weight excluding hydrogens is 296 g/mol. The van der Waals surface area contributed by atoms with Crippen LogP contribution >= 0.6 is 0 Å². The van der Waals surface area contributed by atoms with E-state index in [4.69, 9.17) is 9.56 Å². The number of nitrogens with two attached hydrogens (primary N) is 1. The van der Waals surface area contributed by atoms with Crippen LogP contribution in [0.5, 0.6) is 0 Å². The Morgan fingerprint density at radius 1 is 1.48 bits per heavy atom. The van der Waals surface area contributed by atoms with Crippen molar-refractivity contribution >= 4 is 10.0 Å². The second-order valence-electron chi connectivity index (χ2n) is 4.59. The van der Waals surface area contributed by atoms with E-state index in [0.29, 0.717) is 24.0 Å². The summed E-state index contributed by atoms with van der Waals surface area (Å²) in [5.74, 6) is 0.160. The molecule has 8 nitrogen and oxygen atoms in total. The zero-order valence-corrected chi connectivity index (χ0v) is 12.5. The van der Waals surface area contributed by atoms with Crippen molar-refractivity contribution in [3.8, 4) is 11.5 Å². The fourth-order valence-electron chi connectivity index (χ4n) is 1.99. The van der Waals surface area contributed by atoms with Gasteiger partial charge in [-0.1, -0.05) is 13.3 Å². The molecule has 0 saturated carbocycles. The van der Waals surface area contributed by atoms with Crippen LogP contribution in [0.4, 0.5) is 0 Å². The number of primary sulfonamides is 1. The Bertz CT molecular complexity index is 726. The van der Waals surface area contributed by atoms with E-state index in [1.165, 1.54) is 13.0 Å². The van der Waals surface area contributed by atoms with Crippen molar-refractivity contribution in [2.75, 3.05) is 0 Å². The van der Waals surface area contributed by atoms with E-state index in [0.717, 1.165) is 6.39 Å². The summed E-state index contributed by atoms with van der Waals surface area (Å²) in [5, 5.41) is 22.0. The van der Waals surface area contributed by atoms with Gasteiger partial charge in [0.15, 0.2) is 5.03 Å². The molecule has 0 aromatic carbocycles. The molecular formula is C12H16N4O4S. The normalized spacial score (nSPS) is 13.3. The third kappa shape index (κ3) is 3.26. The van der Waals surface area contributed by atoms with Gasteiger partial charge in [-0.25, -0.2) is 18.5 Å². The molecule has 9 heteroatoms. The molecule has 0 saturated heterocycles. The van der Waals surface area contributed by atoms with Crippen LogP contribution in [0, 0.1) is 0 Å². The number of sulfonamides is 1. The maximum Gasteiger partial charge on any atom is 0.255 e. The van der Waals surface area contributed by atoms with Gasteiger partial charge in [0, 0.05) is 11.1 Å². The summed E-state index contributed by atoms with van der Waals surface area (Å²) in [5.41, 5.74) is 1.00. The van der Waals surface area contributed by atoms with Crippen molar-refractivity contribution in [3.63, 3.8) is 0 Å². The van der Waals surface area contributed by atoms with Gasteiger partial charge in [0.05, 0.1) is 11.8 Å². The number of nitrogens with zero attached hydrogens (tertiary/aromatic N) is 3. The third-order valence-corrected chi connectivity index (χ3v) is 3.77. The lowest BCUT2D eigenvalue weighted by molar-refractivity contribution is 0.193. The highest BCUT2D eigenvalue weighted by Gasteiger charge is 2.24. The summed E-state index contributed by atoms with van der Waals surface area (Å²) in [6, 6.07) is 1.54. The van der Waals surface area contributed by atoms with Gasteiger partial charge in [0.2, 0.25) is 12.3 Å². The molecule has 0 fully saturated rings. The van der Waals surface area contributed by atoms with E-state index in [1.807, 2.05) is 6.92 Å². The quantitative estimate of drug-likeness (QED) is 0.833. The molecule has 114 valence electrons. The predicted molar refractivity (Wildman–Crippen MR) is 73.5 cm³/mol. The molecule has 0 amide bonds. The van der Waals surface area contributed by atoms with Crippen LogP contribution in [0.1, 0.15) is 37.6 Å². The highest BCUT2D eigenvalue weighted by Crippen LogP contribution is 2.29. The molecule has 2 aromatic rings. The van der Waals surface area contributed by atoms with Crippen LogP contribution in [0.15, 0.2) is 21.9 Å². The van der Waals surface area contributed by atoms with Crippen molar-refractivity contribution in [2.24, 2.45) is 5.14 Å². The summed E-state index contributed by atoms with van der Waals surface area (Å²) in [4.78, 5) is 3.98. The molecule has 0 aliphatic carbocycles. The average molecular weight is 312 g/mol. The molecule has 21 heavy (non-hydrogen) atoms. The SMILES string of the molecule is CCCc1c(-c2nnco2)cc(C(C)O)nc1S(N)(=O)=O. The molecule has 0 radical (unpaired) electrons. The highest BCUT2D eigenvalue weighted by molar-refractivity contribution is 7.89. The van der Waals surface area contributed by atoms with E-state index in [-0.39, 0.29) is 16.6 Å². The first-order valence-electron chi connectivity index (χ1n) is 6.35. The average Bonchev–Trinajstić information content (AvgIpc) is 2.91. The van der Waals surface area contributed by atoms with E-state index >= 15 is 0 Å². The van der Waals surface area contributed by atoms with Crippen molar-refractivity contribution < 1.29 is 17.9 Å². The number of aliphatic hydroxyl groups is 1. The van der Waals surface area contributed by atoms with Gasteiger partial charge in [-0.15, -0.1) is 10.2 Å².